The van der Waals surface area contributed by atoms with Gasteiger partial charge in [0, 0.05) is 11.6 Å². The molecule has 0 radical (unpaired) electrons. The number of fused-ring (bicyclic) bond motifs is 1. The lowest BCUT2D eigenvalue weighted by Gasteiger charge is -2.35. The van der Waals surface area contributed by atoms with Crippen molar-refractivity contribution < 1.29 is 4.43 Å². The van der Waals surface area contributed by atoms with Crippen LogP contribution >= 0.6 is 11.3 Å². The number of aromatic nitrogens is 2. The quantitative estimate of drug-likeness (QED) is 0.789. The Bertz CT molecular complexity index is 510. The fraction of sp³-hybridized carbons (Fsp3) is 0.583. The summed E-state index contributed by atoms with van der Waals surface area (Å²) in [5.41, 5.74) is 0. The zero-order valence-electron chi connectivity index (χ0n) is 11.2. The van der Waals surface area contributed by atoms with Crippen molar-refractivity contribution in [3.05, 3.63) is 23.6 Å². The third-order valence-corrected chi connectivity index (χ3v) is 8.89. The maximum atomic E-state index is 6.18. The first kappa shape index (κ1) is 12.8. The number of thiazole rings is 1. The van der Waals surface area contributed by atoms with Crippen molar-refractivity contribution in [2.45, 2.75) is 45.5 Å². The van der Waals surface area contributed by atoms with Crippen molar-refractivity contribution in [1.82, 2.24) is 9.38 Å². The van der Waals surface area contributed by atoms with Crippen molar-refractivity contribution >= 4 is 24.5 Å². The lowest BCUT2D eigenvalue weighted by Crippen LogP contribution is -2.40. The van der Waals surface area contributed by atoms with Crippen LogP contribution in [0.1, 0.15) is 26.6 Å². The van der Waals surface area contributed by atoms with E-state index in [0.717, 1.165) is 5.82 Å². The molecule has 0 spiro atoms. The van der Waals surface area contributed by atoms with Crippen LogP contribution in [-0.2, 0) is 11.0 Å². The van der Waals surface area contributed by atoms with E-state index in [1.165, 1.54) is 4.83 Å². The van der Waals surface area contributed by atoms with Crippen LogP contribution in [-0.4, -0.2) is 17.7 Å². The van der Waals surface area contributed by atoms with E-state index in [1.807, 2.05) is 6.20 Å². The first-order valence-electron chi connectivity index (χ1n) is 5.85. The smallest absolute Gasteiger partial charge is 0.192 e. The Morgan fingerprint density at radius 3 is 2.76 bits per heavy atom. The molecule has 2 aromatic rings. The van der Waals surface area contributed by atoms with Gasteiger partial charge < -0.3 is 4.43 Å². The fourth-order valence-corrected chi connectivity index (χ4v) is 3.00. The Labute approximate surface area is 108 Å². The highest BCUT2D eigenvalue weighted by Crippen LogP contribution is 2.37. The summed E-state index contributed by atoms with van der Waals surface area (Å²) in [6.45, 7) is 11.9. The second kappa shape index (κ2) is 4.22. The predicted octanol–water partition coefficient (Wildman–Crippen LogP) is 3.92. The Hall–Kier alpha value is -0.653. The monoisotopic (exact) mass is 268 g/mol. The molecular weight excluding hydrogens is 248 g/mol. The van der Waals surface area contributed by atoms with Gasteiger partial charge in [0.25, 0.3) is 0 Å². The van der Waals surface area contributed by atoms with Crippen LogP contribution in [0.5, 0.6) is 0 Å². The number of nitrogens with zero attached hydrogens (tertiary/aromatic N) is 2. The number of rotatable bonds is 3. The Balaban J connectivity index is 2.11. The van der Waals surface area contributed by atoms with E-state index < -0.39 is 8.32 Å². The SMILES string of the molecule is CC(C)(C)[Si](C)(C)OCc1ncc2sccn12. The lowest BCUT2D eigenvalue weighted by molar-refractivity contribution is 0.267. The summed E-state index contributed by atoms with van der Waals surface area (Å²) in [6, 6.07) is 0. The minimum atomic E-state index is -1.68. The number of hydrogen-bond donors (Lipinski definition) is 0. The minimum Gasteiger partial charge on any atom is -0.409 e. The van der Waals surface area contributed by atoms with Gasteiger partial charge in [0.15, 0.2) is 8.32 Å². The molecule has 0 aliphatic heterocycles. The van der Waals surface area contributed by atoms with Crippen LogP contribution < -0.4 is 0 Å². The van der Waals surface area contributed by atoms with Gasteiger partial charge in [-0.1, -0.05) is 20.8 Å². The second-order valence-corrected chi connectivity index (χ2v) is 11.6. The molecule has 0 amide bonds. The Kier molecular flexibility index (Phi) is 3.18. The van der Waals surface area contributed by atoms with Crippen LogP contribution in [0.4, 0.5) is 0 Å². The summed E-state index contributed by atoms with van der Waals surface area (Å²) < 4.78 is 8.28. The molecular formula is C12H20N2OSSi. The summed E-state index contributed by atoms with van der Waals surface area (Å²) in [6.07, 6.45) is 3.96. The normalized spacial score (nSPS) is 13.5. The van der Waals surface area contributed by atoms with Crippen molar-refractivity contribution in [2.24, 2.45) is 0 Å². The third-order valence-electron chi connectivity index (χ3n) is 3.61. The van der Waals surface area contributed by atoms with Crippen LogP contribution in [0.25, 0.3) is 4.83 Å². The van der Waals surface area contributed by atoms with E-state index >= 15 is 0 Å². The molecule has 0 saturated carbocycles. The molecule has 0 unspecified atom stereocenters. The van der Waals surface area contributed by atoms with Gasteiger partial charge in [-0.25, -0.2) is 4.98 Å². The Morgan fingerprint density at radius 1 is 1.41 bits per heavy atom. The van der Waals surface area contributed by atoms with Crippen LogP contribution in [0.3, 0.4) is 0 Å². The van der Waals surface area contributed by atoms with Crippen molar-refractivity contribution in [3.8, 4) is 0 Å². The third kappa shape index (κ3) is 2.46. The minimum absolute atomic E-state index is 0.248. The molecule has 2 aromatic heterocycles. The van der Waals surface area contributed by atoms with Gasteiger partial charge in [-0.05, 0) is 18.1 Å². The van der Waals surface area contributed by atoms with Crippen molar-refractivity contribution in [2.75, 3.05) is 0 Å². The summed E-state index contributed by atoms with van der Waals surface area (Å²) in [4.78, 5) is 5.59. The molecule has 0 aliphatic rings. The average Bonchev–Trinajstić information content (AvgIpc) is 2.74. The summed E-state index contributed by atoms with van der Waals surface area (Å²) in [5, 5.41) is 2.32. The predicted molar refractivity (Wildman–Crippen MR) is 75.1 cm³/mol. The number of hydrogen-bond acceptors (Lipinski definition) is 3. The first-order chi connectivity index (χ1) is 7.81. The van der Waals surface area contributed by atoms with Gasteiger partial charge in [-0.15, -0.1) is 11.3 Å². The molecule has 0 fully saturated rings. The highest BCUT2D eigenvalue weighted by molar-refractivity contribution is 7.15. The Morgan fingerprint density at radius 2 is 2.12 bits per heavy atom. The summed E-state index contributed by atoms with van der Waals surface area (Å²) in [5.74, 6) is 1.01. The molecule has 5 heteroatoms. The molecule has 0 atom stereocenters. The molecule has 0 aliphatic carbocycles. The largest absolute Gasteiger partial charge is 0.409 e. The maximum Gasteiger partial charge on any atom is 0.192 e. The van der Waals surface area contributed by atoms with Gasteiger partial charge >= 0.3 is 0 Å². The standard InChI is InChI=1S/C12H20N2OSSi/c1-12(2,3)17(4,5)15-9-10-13-8-11-14(10)6-7-16-11/h6-8H,9H2,1-5H3. The van der Waals surface area contributed by atoms with Crippen molar-refractivity contribution in [3.63, 3.8) is 0 Å². The maximum absolute atomic E-state index is 6.18. The molecule has 0 bridgehead atoms. The van der Waals surface area contributed by atoms with E-state index in [9.17, 15) is 0 Å². The zero-order valence-corrected chi connectivity index (χ0v) is 13.0. The van der Waals surface area contributed by atoms with Crippen LogP contribution in [0.2, 0.25) is 18.1 Å². The van der Waals surface area contributed by atoms with Crippen molar-refractivity contribution in [1.29, 1.82) is 0 Å². The molecule has 0 aromatic carbocycles. The highest BCUT2D eigenvalue weighted by atomic mass is 32.1. The van der Waals surface area contributed by atoms with Gasteiger partial charge in [0.1, 0.15) is 10.7 Å². The van der Waals surface area contributed by atoms with E-state index in [4.69, 9.17) is 4.43 Å². The molecule has 2 heterocycles. The highest BCUT2D eigenvalue weighted by Gasteiger charge is 2.37. The second-order valence-electron chi connectivity index (χ2n) is 5.83. The van der Waals surface area contributed by atoms with Gasteiger partial charge in [-0.2, -0.15) is 0 Å². The fourth-order valence-electron chi connectivity index (χ4n) is 1.36. The van der Waals surface area contributed by atoms with Gasteiger partial charge in [0.05, 0.1) is 12.8 Å². The summed E-state index contributed by atoms with van der Waals surface area (Å²) in [7, 11) is -1.68. The van der Waals surface area contributed by atoms with E-state index in [-0.39, 0.29) is 5.04 Å². The first-order valence-corrected chi connectivity index (χ1v) is 9.63. The van der Waals surface area contributed by atoms with Gasteiger partial charge in [-0.3, -0.25) is 4.40 Å². The molecule has 94 valence electrons. The van der Waals surface area contributed by atoms with E-state index in [2.05, 4.69) is 54.8 Å². The average molecular weight is 268 g/mol. The van der Waals surface area contributed by atoms with Crippen LogP contribution in [0, 0.1) is 0 Å². The van der Waals surface area contributed by atoms with Gasteiger partial charge in [0.2, 0.25) is 0 Å². The van der Waals surface area contributed by atoms with Crippen LogP contribution in [0.15, 0.2) is 17.8 Å². The lowest BCUT2D eigenvalue weighted by atomic mass is 10.2. The molecule has 0 saturated heterocycles. The van der Waals surface area contributed by atoms with E-state index in [1.54, 1.807) is 11.3 Å². The zero-order chi connectivity index (χ0) is 12.7. The number of imidazole rings is 1. The topological polar surface area (TPSA) is 26.5 Å². The molecule has 0 N–H and O–H groups in total. The molecule has 2 rings (SSSR count). The molecule has 3 nitrogen and oxygen atoms in total. The summed E-state index contributed by atoms with van der Waals surface area (Å²) >= 11 is 1.70. The van der Waals surface area contributed by atoms with E-state index in [0.29, 0.717) is 6.61 Å². The molecule has 17 heavy (non-hydrogen) atoms.